The Hall–Kier alpha value is -1.59. The standard InChI is InChI=1S/C15H16ClN3OS/c1-10-4-5-11(17-8-12-9-18-15(16)21-12)7-13(10)19-6-2-3-14(19)20/h4-5,7,9,17H,2-3,6,8H2,1H3. The quantitative estimate of drug-likeness (QED) is 0.930. The fourth-order valence-corrected chi connectivity index (χ4v) is 3.39. The summed E-state index contributed by atoms with van der Waals surface area (Å²) in [6, 6.07) is 6.12. The molecule has 0 spiro atoms. The molecule has 3 rings (SSSR count). The van der Waals surface area contributed by atoms with Crippen molar-refractivity contribution in [2.45, 2.75) is 26.3 Å². The van der Waals surface area contributed by atoms with Gasteiger partial charge in [-0.15, -0.1) is 11.3 Å². The largest absolute Gasteiger partial charge is 0.380 e. The monoisotopic (exact) mass is 321 g/mol. The zero-order valence-electron chi connectivity index (χ0n) is 11.7. The Morgan fingerprint density at radius 1 is 1.48 bits per heavy atom. The van der Waals surface area contributed by atoms with Gasteiger partial charge in [-0.2, -0.15) is 0 Å². The van der Waals surface area contributed by atoms with Crippen molar-refractivity contribution in [3.8, 4) is 0 Å². The van der Waals surface area contributed by atoms with E-state index >= 15 is 0 Å². The number of rotatable bonds is 4. The zero-order chi connectivity index (χ0) is 14.8. The van der Waals surface area contributed by atoms with E-state index in [1.54, 1.807) is 6.20 Å². The third-order valence-electron chi connectivity index (χ3n) is 3.57. The van der Waals surface area contributed by atoms with E-state index in [0.29, 0.717) is 17.4 Å². The average molecular weight is 322 g/mol. The van der Waals surface area contributed by atoms with Gasteiger partial charge in [-0.3, -0.25) is 4.79 Å². The van der Waals surface area contributed by atoms with Gasteiger partial charge in [-0.25, -0.2) is 4.98 Å². The van der Waals surface area contributed by atoms with Gasteiger partial charge in [0.25, 0.3) is 0 Å². The molecular formula is C15H16ClN3OS. The van der Waals surface area contributed by atoms with Crippen molar-refractivity contribution in [1.82, 2.24) is 4.98 Å². The van der Waals surface area contributed by atoms with Crippen LogP contribution in [0, 0.1) is 6.92 Å². The molecule has 4 nitrogen and oxygen atoms in total. The second-order valence-electron chi connectivity index (χ2n) is 5.08. The molecule has 0 radical (unpaired) electrons. The van der Waals surface area contributed by atoms with E-state index in [4.69, 9.17) is 11.6 Å². The van der Waals surface area contributed by atoms with Gasteiger partial charge in [-0.05, 0) is 31.0 Å². The number of aryl methyl sites for hydroxylation is 1. The molecule has 0 atom stereocenters. The van der Waals surface area contributed by atoms with E-state index in [1.165, 1.54) is 11.3 Å². The van der Waals surface area contributed by atoms with E-state index in [0.717, 1.165) is 34.8 Å². The topological polar surface area (TPSA) is 45.2 Å². The van der Waals surface area contributed by atoms with Crippen molar-refractivity contribution in [3.63, 3.8) is 0 Å². The van der Waals surface area contributed by atoms with Crippen molar-refractivity contribution in [1.29, 1.82) is 0 Å². The van der Waals surface area contributed by atoms with Crippen LogP contribution < -0.4 is 10.2 Å². The Balaban J connectivity index is 1.75. The maximum absolute atomic E-state index is 11.9. The Morgan fingerprint density at radius 2 is 2.33 bits per heavy atom. The minimum Gasteiger partial charge on any atom is -0.380 e. The van der Waals surface area contributed by atoms with E-state index in [9.17, 15) is 4.79 Å². The van der Waals surface area contributed by atoms with Gasteiger partial charge in [0.1, 0.15) is 0 Å². The third kappa shape index (κ3) is 3.19. The lowest BCUT2D eigenvalue weighted by Crippen LogP contribution is -2.24. The molecule has 1 aromatic heterocycles. The maximum Gasteiger partial charge on any atom is 0.227 e. The molecule has 1 saturated heterocycles. The van der Waals surface area contributed by atoms with Crippen molar-refractivity contribution in [2.24, 2.45) is 0 Å². The smallest absolute Gasteiger partial charge is 0.227 e. The minimum absolute atomic E-state index is 0.212. The van der Waals surface area contributed by atoms with Gasteiger partial charge in [0.05, 0.1) is 6.54 Å². The molecule has 2 aromatic rings. The highest BCUT2D eigenvalue weighted by atomic mass is 35.5. The lowest BCUT2D eigenvalue weighted by atomic mass is 10.1. The van der Waals surface area contributed by atoms with E-state index in [-0.39, 0.29) is 5.91 Å². The molecule has 1 aliphatic rings. The molecule has 110 valence electrons. The van der Waals surface area contributed by atoms with Gasteiger partial charge in [-0.1, -0.05) is 17.7 Å². The number of carbonyl (C=O) groups is 1. The number of anilines is 2. The highest BCUT2D eigenvalue weighted by molar-refractivity contribution is 7.15. The highest BCUT2D eigenvalue weighted by Gasteiger charge is 2.23. The fourth-order valence-electron chi connectivity index (χ4n) is 2.47. The summed E-state index contributed by atoms with van der Waals surface area (Å²) in [6.45, 7) is 3.53. The van der Waals surface area contributed by atoms with Gasteiger partial charge >= 0.3 is 0 Å². The van der Waals surface area contributed by atoms with Crippen LogP contribution in [0.3, 0.4) is 0 Å². The number of thiazole rings is 1. The predicted molar refractivity (Wildman–Crippen MR) is 87.2 cm³/mol. The lowest BCUT2D eigenvalue weighted by Gasteiger charge is -2.19. The summed E-state index contributed by atoms with van der Waals surface area (Å²) in [5.41, 5.74) is 3.13. The second-order valence-corrected chi connectivity index (χ2v) is 6.78. The van der Waals surface area contributed by atoms with E-state index < -0.39 is 0 Å². The molecule has 1 amide bonds. The molecule has 0 unspecified atom stereocenters. The summed E-state index contributed by atoms with van der Waals surface area (Å²) in [7, 11) is 0. The van der Waals surface area contributed by atoms with E-state index in [2.05, 4.69) is 10.3 Å². The third-order valence-corrected chi connectivity index (χ3v) is 4.68. The van der Waals surface area contributed by atoms with Gasteiger partial charge in [0, 0.05) is 35.4 Å². The van der Waals surface area contributed by atoms with Crippen LogP contribution in [-0.2, 0) is 11.3 Å². The molecule has 6 heteroatoms. The summed E-state index contributed by atoms with van der Waals surface area (Å²) in [4.78, 5) is 18.9. The molecule has 2 heterocycles. The van der Waals surface area contributed by atoms with Gasteiger partial charge in [0.2, 0.25) is 5.91 Å². The van der Waals surface area contributed by atoms with Crippen LogP contribution in [-0.4, -0.2) is 17.4 Å². The number of nitrogens with one attached hydrogen (secondary N) is 1. The molecule has 1 aromatic carbocycles. The minimum atomic E-state index is 0.212. The number of aromatic nitrogens is 1. The molecular weight excluding hydrogens is 306 g/mol. The number of hydrogen-bond acceptors (Lipinski definition) is 4. The first kappa shape index (κ1) is 14.4. The first-order valence-corrected chi connectivity index (χ1v) is 8.08. The van der Waals surface area contributed by atoms with Crippen molar-refractivity contribution >= 4 is 40.2 Å². The first-order chi connectivity index (χ1) is 10.1. The number of carbonyl (C=O) groups excluding carboxylic acids is 1. The van der Waals surface area contributed by atoms with Crippen LogP contribution in [0.1, 0.15) is 23.3 Å². The number of halogens is 1. The van der Waals surface area contributed by atoms with Crippen LogP contribution in [0.15, 0.2) is 24.4 Å². The predicted octanol–water partition coefficient (Wildman–Crippen LogP) is 3.84. The number of hydrogen-bond donors (Lipinski definition) is 1. The summed E-state index contributed by atoms with van der Waals surface area (Å²) in [5, 5.41) is 3.35. The second kappa shape index (κ2) is 6.03. The van der Waals surface area contributed by atoms with Gasteiger partial charge < -0.3 is 10.2 Å². The highest BCUT2D eigenvalue weighted by Crippen LogP contribution is 2.28. The number of nitrogens with zero attached hydrogens (tertiary/aromatic N) is 2. The summed E-state index contributed by atoms with van der Waals surface area (Å²) >= 11 is 7.29. The Morgan fingerprint density at radius 3 is 3.00 bits per heavy atom. The van der Waals surface area contributed by atoms with Crippen molar-refractivity contribution < 1.29 is 4.79 Å². The Kier molecular flexibility index (Phi) is 4.12. The van der Waals surface area contributed by atoms with Crippen LogP contribution >= 0.6 is 22.9 Å². The Labute approximate surface area is 132 Å². The van der Waals surface area contributed by atoms with Crippen LogP contribution in [0.5, 0.6) is 0 Å². The average Bonchev–Trinajstić information content (AvgIpc) is 3.07. The van der Waals surface area contributed by atoms with Gasteiger partial charge in [0.15, 0.2) is 4.47 Å². The molecule has 1 N–H and O–H groups in total. The van der Waals surface area contributed by atoms with Crippen LogP contribution in [0.25, 0.3) is 0 Å². The summed E-state index contributed by atoms with van der Waals surface area (Å²) in [5.74, 6) is 0.212. The molecule has 0 saturated carbocycles. The summed E-state index contributed by atoms with van der Waals surface area (Å²) in [6.07, 6.45) is 3.37. The van der Waals surface area contributed by atoms with Crippen molar-refractivity contribution in [3.05, 3.63) is 39.3 Å². The maximum atomic E-state index is 11.9. The Bertz CT molecular complexity index is 671. The number of amides is 1. The zero-order valence-corrected chi connectivity index (χ0v) is 13.3. The molecule has 1 fully saturated rings. The first-order valence-electron chi connectivity index (χ1n) is 6.88. The van der Waals surface area contributed by atoms with E-state index in [1.807, 2.05) is 30.0 Å². The van der Waals surface area contributed by atoms with Crippen molar-refractivity contribution in [2.75, 3.05) is 16.8 Å². The molecule has 0 bridgehead atoms. The SMILES string of the molecule is Cc1ccc(NCc2cnc(Cl)s2)cc1N1CCCC1=O. The molecule has 21 heavy (non-hydrogen) atoms. The normalized spacial score (nSPS) is 14.8. The number of benzene rings is 1. The molecule has 1 aliphatic heterocycles. The lowest BCUT2D eigenvalue weighted by molar-refractivity contribution is -0.117. The van der Waals surface area contributed by atoms with Crippen LogP contribution in [0.4, 0.5) is 11.4 Å². The summed E-state index contributed by atoms with van der Waals surface area (Å²) < 4.78 is 0.555. The molecule has 0 aliphatic carbocycles. The fraction of sp³-hybridized carbons (Fsp3) is 0.333. The van der Waals surface area contributed by atoms with Crippen LogP contribution in [0.2, 0.25) is 4.47 Å².